The number of hydrogen-bond donors (Lipinski definition) is 0. The fraction of sp³-hybridized carbons (Fsp3) is 0.919. The summed E-state index contributed by atoms with van der Waals surface area (Å²) in [7, 11) is 0. The summed E-state index contributed by atoms with van der Waals surface area (Å²) < 4.78 is 4.87. The lowest BCUT2D eigenvalue weighted by molar-refractivity contribution is -0.697. The van der Waals surface area contributed by atoms with Crippen LogP contribution in [0.2, 0.25) is 0 Å². The molecule has 0 bridgehead atoms. The Bertz CT molecular complexity index is 592. The van der Waals surface area contributed by atoms with Gasteiger partial charge in [0.15, 0.2) is 0 Å². The van der Waals surface area contributed by atoms with Gasteiger partial charge in [-0.25, -0.2) is 9.13 Å². The molecule has 0 aliphatic rings. The maximum atomic E-state index is 2.45. The summed E-state index contributed by atoms with van der Waals surface area (Å²) in [5.41, 5.74) is 0. The van der Waals surface area contributed by atoms with Crippen LogP contribution in [0.25, 0.3) is 0 Å². The van der Waals surface area contributed by atoms with Gasteiger partial charge in [-0.3, -0.25) is 0 Å². The van der Waals surface area contributed by atoms with Gasteiger partial charge in [-0.1, -0.05) is 174 Å². The van der Waals surface area contributed by atoms with Crippen molar-refractivity contribution in [3.8, 4) is 0 Å². The van der Waals surface area contributed by atoms with E-state index >= 15 is 0 Å². The summed E-state index contributed by atoms with van der Waals surface area (Å²) in [6.07, 6.45) is 48.6. The molecule has 0 saturated heterocycles. The Balaban J connectivity index is 1.87. The number of rotatable bonds is 31. The number of unbranched alkanes of at least 4 members (excludes halogenated alkanes) is 26. The first-order chi connectivity index (χ1) is 19.3. The molecule has 0 radical (unpaired) electrons. The van der Waals surface area contributed by atoms with Gasteiger partial charge in [0.05, 0.1) is 12.6 Å². The maximum Gasteiger partial charge on any atom is 0.243 e. The lowest BCUT2D eigenvalue weighted by atomic mass is 10.0. The Kier molecular flexibility index (Phi) is 26.7. The maximum absolute atomic E-state index is 2.45. The van der Waals surface area contributed by atoms with Crippen LogP contribution in [0.4, 0.5) is 0 Å². The van der Waals surface area contributed by atoms with Crippen molar-refractivity contribution in [2.45, 2.75) is 220 Å². The minimum absolute atomic E-state index is 0.639. The molecule has 39 heavy (non-hydrogen) atoms. The van der Waals surface area contributed by atoms with E-state index in [0.717, 1.165) is 0 Å². The largest absolute Gasteiger partial charge is 0.243 e. The second-order valence-corrected chi connectivity index (χ2v) is 12.9. The molecule has 2 nitrogen and oxygen atoms in total. The van der Waals surface area contributed by atoms with E-state index in [0.29, 0.717) is 6.04 Å². The second kappa shape index (κ2) is 28.7. The molecule has 0 aromatic carbocycles. The van der Waals surface area contributed by atoms with Crippen LogP contribution in [-0.4, -0.2) is 4.57 Å². The molecule has 0 aliphatic heterocycles. The zero-order valence-electron chi connectivity index (χ0n) is 27.4. The third-order valence-electron chi connectivity index (χ3n) is 8.97. The summed E-state index contributed by atoms with van der Waals surface area (Å²) in [4.78, 5) is 0. The van der Waals surface area contributed by atoms with Crippen molar-refractivity contribution in [1.29, 1.82) is 0 Å². The van der Waals surface area contributed by atoms with Crippen LogP contribution in [-0.2, 0) is 6.54 Å². The van der Waals surface area contributed by atoms with Crippen molar-refractivity contribution >= 4 is 0 Å². The second-order valence-electron chi connectivity index (χ2n) is 12.9. The van der Waals surface area contributed by atoms with E-state index in [2.05, 4.69) is 48.6 Å². The number of nitrogens with zero attached hydrogens (tertiary/aromatic N) is 2. The van der Waals surface area contributed by atoms with E-state index in [4.69, 9.17) is 0 Å². The Labute approximate surface area is 247 Å². The molecule has 1 unspecified atom stereocenters. The molecule has 2 heteroatoms. The molecule has 0 N–H and O–H groups in total. The molecular formula is C37H73N2+. The zero-order valence-corrected chi connectivity index (χ0v) is 27.4. The van der Waals surface area contributed by atoms with Crippen LogP contribution < -0.4 is 4.57 Å². The number of imidazole rings is 1. The number of aryl methyl sites for hydroxylation is 1. The molecule has 1 atom stereocenters. The summed E-state index contributed by atoms with van der Waals surface area (Å²) >= 11 is 0. The summed E-state index contributed by atoms with van der Waals surface area (Å²) in [5.74, 6) is 0. The van der Waals surface area contributed by atoms with Crippen LogP contribution in [0.5, 0.6) is 0 Å². The third-order valence-corrected chi connectivity index (χ3v) is 8.97. The van der Waals surface area contributed by atoms with Crippen molar-refractivity contribution in [2.24, 2.45) is 0 Å². The molecule has 1 rings (SSSR count). The predicted molar refractivity (Wildman–Crippen MR) is 175 cm³/mol. The molecule has 0 fully saturated rings. The van der Waals surface area contributed by atoms with Gasteiger partial charge in [-0.15, -0.1) is 0 Å². The first-order valence-electron chi connectivity index (χ1n) is 18.3. The topological polar surface area (TPSA) is 8.81 Å². The third kappa shape index (κ3) is 23.6. The molecular weight excluding hydrogens is 472 g/mol. The van der Waals surface area contributed by atoms with Crippen molar-refractivity contribution in [2.75, 3.05) is 0 Å². The SMILES string of the molecule is CCCCCCCCCCCCCCCCCC[n+]1ccn(C(C)CCCCCCCCCCCCCC)c1. The summed E-state index contributed by atoms with van der Waals surface area (Å²) in [6.45, 7) is 8.20. The molecule has 230 valence electrons. The van der Waals surface area contributed by atoms with E-state index in [9.17, 15) is 0 Å². The first kappa shape index (κ1) is 36.2. The van der Waals surface area contributed by atoms with Crippen molar-refractivity contribution in [1.82, 2.24) is 4.57 Å². The minimum Gasteiger partial charge on any atom is -0.237 e. The van der Waals surface area contributed by atoms with E-state index in [-0.39, 0.29) is 0 Å². The number of hydrogen-bond acceptors (Lipinski definition) is 0. The molecule has 0 amide bonds. The van der Waals surface area contributed by atoms with E-state index < -0.39 is 0 Å². The average Bonchev–Trinajstić information content (AvgIpc) is 3.42. The van der Waals surface area contributed by atoms with Gasteiger partial charge in [-0.2, -0.15) is 0 Å². The summed E-state index contributed by atoms with van der Waals surface area (Å²) in [6, 6.07) is 0.639. The fourth-order valence-corrected chi connectivity index (χ4v) is 6.08. The smallest absolute Gasteiger partial charge is 0.237 e. The molecule has 1 aromatic heterocycles. The Hall–Kier alpha value is -0.790. The molecule has 1 aromatic rings. The standard InChI is InChI=1S/C37H73N2/c1-4-6-8-10-12-14-16-18-19-20-21-23-25-27-29-31-33-38-34-35-39(36-38)37(3)32-30-28-26-24-22-17-15-13-11-9-7-5-2/h34-37H,4-33H2,1-3H3/q+1. The van der Waals surface area contributed by atoms with Crippen LogP contribution in [0.1, 0.15) is 213 Å². The van der Waals surface area contributed by atoms with Gasteiger partial charge < -0.3 is 0 Å². The average molecular weight is 546 g/mol. The van der Waals surface area contributed by atoms with Crippen LogP contribution in [0.3, 0.4) is 0 Å². The van der Waals surface area contributed by atoms with Crippen LogP contribution >= 0.6 is 0 Å². The van der Waals surface area contributed by atoms with Gasteiger partial charge in [0.1, 0.15) is 12.4 Å². The highest BCUT2D eigenvalue weighted by Gasteiger charge is 2.11. The minimum atomic E-state index is 0.639. The first-order valence-corrected chi connectivity index (χ1v) is 18.3. The van der Waals surface area contributed by atoms with E-state index in [1.54, 1.807) is 0 Å². The van der Waals surface area contributed by atoms with Gasteiger partial charge >= 0.3 is 0 Å². The van der Waals surface area contributed by atoms with Crippen molar-refractivity contribution in [3.05, 3.63) is 18.7 Å². The van der Waals surface area contributed by atoms with Crippen molar-refractivity contribution < 1.29 is 4.57 Å². The van der Waals surface area contributed by atoms with E-state index in [1.165, 1.54) is 193 Å². The Morgan fingerprint density at radius 2 is 0.795 bits per heavy atom. The van der Waals surface area contributed by atoms with Gasteiger partial charge in [0.25, 0.3) is 0 Å². The van der Waals surface area contributed by atoms with E-state index in [1.807, 2.05) is 0 Å². The summed E-state index contributed by atoms with van der Waals surface area (Å²) in [5, 5.41) is 0. The van der Waals surface area contributed by atoms with Crippen LogP contribution in [0, 0.1) is 0 Å². The molecule has 1 heterocycles. The zero-order chi connectivity index (χ0) is 28.1. The number of aromatic nitrogens is 2. The fourth-order valence-electron chi connectivity index (χ4n) is 6.08. The molecule has 0 saturated carbocycles. The Morgan fingerprint density at radius 3 is 1.18 bits per heavy atom. The highest BCUT2D eigenvalue weighted by atomic mass is 15.1. The molecule has 0 aliphatic carbocycles. The monoisotopic (exact) mass is 546 g/mol. The predicted octanol–water partition coefficient (Wildman–Crippen LogP) is 12.7. The van der Waals surface area contributed by atoms with Crippen LogP contribution in [0.15, 0.2) is 18.7 Å². The quantitative estimate of drug-likeness (QED) is 0.0648. The normalized spacial score (nSPS) is 12.4. The van der Waals surface area contributed by atoms with Crippen molar-refractivity contribution in [3.63, 3.8) is 0 Å². The Morgan fingerprint density at radius 1 is 0.462 bits per heavy atom. The molecule has 0 spiro atoms. The highest BCUT2D eigenvalue weighted by Crippen LogP contribution is 2.17. The van der Waals surface area contributed by atoms with Gasteiger partial charge in [0, 0.05) is 0 Å². The van der Waals surface area contributed by atoms with Gasteiger partial charge in [0.2, 0.25) is 6.33 Å². The van der Waals surface area contributed by atoms with Gasteiger partial charge in [-0.05, 0) is 32.6 Å². The lowest BCUT2D eigenvalue weighted by Gasteiger charge is -2.08. The lowest BCUT2D eigenvalue weighted by Crippen LogP contribution is -2.31. The highest BCUT2D eigenvalue weighted by molar-refractivity contribution is 4.72.